The molecule has 1 atom stereocenters. The molecule has 0 amide bonds. The molecule has 3 heterocycles. The predicted molar refractivity (Wildman–Crippen MR) is 161 cm³/mol. The summed E-state index contributed by atoms with van der Waals surface area (Å²) in [6.07, 6.45) is 3.53. The van der Waals surface area contributed by atoms with Gasteiger partial charge in [0.25, 0.3) is 5.56 Å². The molecule has 0 spiro atoms. The van der Waals surface area contributed by atoms with Crippen LogP contribution in [0, 0.1) is 19.7 Å². The van der Waals surface area contributed by atoms with Crippen LogP contribution in [0.25, 0.3) is 17.5 Å². The third-order valence-electron chi connectivity index (χ3n) is 8.19. The molecule has 7 rings (SSSR count). The maximum Gasteiger partial charge on any atom is 0.335 e. The number of carboxylic acids is 1. The van der Waals surface area contributed by atoms with E-state index in [1.54, 1.807) is 41.0 Å². The summed E-state index contributed by atoms with van der Waals surface area (Å²) in [6, 6.07) is 23.1. The minimum absolute atomic E-state index is 0.130. The number of carboxylic acid groups (broad SMARTS) is 1. The van der Waals surface area contributed by atoms with Crippen molar-refractivity contribution in [3.8, 4) is 5.69 Å². The molecule has 42 heavy (non-hydrogen) atoms. The summed E-state index contributed by atoms with van der Waals surface area (Å²) in [7, 11) is 0. The number of hydrogen-bond donors (Lipinski definition) is 1. The largest absolute Gasteiger partial charge is 0.478 e. The number of rotatable bonds is 4. The fraction of sp³-hybridized carbons (Fsp3) is 0.147. The molecule has 1 N–H and O–H groups in total. The van der Waals surface area contributed by atoms with Gasteiger partial charge in [-0.15, -0.1) is 0 Å². The Hall–Kier alpha value is -4.82. The molecule has 5 aromatic rings. The third-order valence-corrected chi connectivity index (χ3v) is 9.17. The number of carbonyl (C=O) groups is 1. The molecule has 0 saturated carbocycles. The number of allylic oxidation sites excluding steroid dienone is 1. The molecule has 0 radical (unpaired) electrons. The van der Waals surface area contributed by atoms with Gasteiger partial charge in [0, 0.05) is 22.6 Å². The zero-order valence-electron chi connectivity index (χ0n) is 23.0. The predicted octanol–water partition coefficient (Wildman–Crippen LogP) is 5.56. The van der Waals surface area contributed by atoms with E-state index in [4.69, 9.17) is 4.99 Å². The van der Waals surface area contributed by atoms with E-state index in [9.17, 15) is 19.1 Å². The van der Waals surface area contributed by atoms with Crippen LogP contribution in [-0.4, -0.2) is 20.2 Å². The van der Waals surface area contributed by atoms with Gasteiger partial charge in [-0.3, -0.25) is 9.36 Å². The lowest BCUT2D eigenvalue weighted by molar-refractivity contribution is 0.0697. The van der Waals surface area contributed by atoms with Crippen LogP contribution in [0.3, 0.4) is 0 Å². The maximum absolute atomic E-state index is 14.1. The number of halogens is 1. The van der Waals surface area contributed by atoms with Crippen molar-refractivity contribution < 1.29 is 14.3 Å². The van der Waals surface area contributed by atoms with Crippen molar-refractivity contribution >= 4 is 29.1 Å². The van der Waals surface area contributed by atoms with Crippen LogP contribution >= 0.6 is 11.3 Å². The van der Waals surface area contributed by atoms with E-state index in [0.29, 0.717) is 9.33 Å². The van der Waals surface area contributed by atoms with Crippen molar-refractivity contribution in [1.82, 2.24) is 9.13 Å². The monoisotopic (exact) mass is 575 g/mol. The topological polar surface area (TPSA) is 76.6 Å². The summed E-state index contributed by atoms with van der Waals surface area (Å²) in [5.74, 6) is -1.29. The van der Waals surface area contributed by atoms with E-state index in [0.717, 1.165) is 57.9 Å². The minimum Gasteiger partial charge on any atom is -0.478 e. The first kappa shape index (κ1) is 26.1. The third kappa shape index (κ3) is 4.18. The van der Waals surface area contributed by atoms with E-state index in [1.165, 1.54) is 29.0 Å². The van der Waals surface area contributed by atoms with E-state index in [-0.39, 0.29) is 23.0 Å². The van der Waals surface area contributed by atoms with Crippen LogP contribution in [0.1, 0.15) is 56.5 Å². The molecule has 1 aliphatic carbocycles. The van der Waals surface area contributed by atoms with Crippen LogP contribution in [-0.2, 0) is 6.42 Å². The second kappa shape index (κ2) is 9.92. The van der Waals surface area contributed by atoms with Crippen molar-refractivity contribution in [2.24, 2.45) is 4.99 Å². The van der Waals surface area contributed by atoms with Gasteiger partial charge in [-0.05, 0) is 97.5 Å². The smallest absolute Gasteiger partial charge is 0.335 e. The van der Waals surface area contributed by atoms with Crippen LogP contribution in [0.15, 0.2) is 94.2 Å². The summed E-state index contributed by atoms with van der Waals surface area (Å²) in [4.78, 5) is 31.1. The molecular formula is C34H26FN3O3S. The van der Waals surface area contributed by atoms with Gasteiger partial charge in [0.2, 0.25) is 0 Å². The lowest BCUT2D eigenvalue weighted by atomic mass is 9.83. The summed E-state index contributed by atoms with van der Waals surface area (Å²) in [6.45, 7) is 3.97. The molecule has 208 valence electrons. The Bertz CT molecular complexity index is 2120. The van der Waals surface area contributed by atoms with Crippen molar-refractivity contribution in [3.05, 3.63) is 149 Å². The first-order chi connectivity index (χ1) is 20.3. The van der Waals surface area contributed by atoms with Crippen molar-refractivity contribution in [2.75, 3.05) is 0 Å². The van der Waals surface area contributed by atoms with E-state index >= 15 is 0 Å². The molecule has 2 aromatic heterocycles. The Morgan fingerprint density at radius 1 is 1.02 bits per heavy atom. The van der Waals surface area contributed by atoms with Gasteiger partial charge in [-0.1, -0.05) is 47.7 Å². The lowest BCUT2D eigenvalue weighted by Crippen LogP contribution is -2.38. The van der Waals surface area contributed by atoms with Crippen LogP contribution in [0.5, 0.6) is 0 Å². The fourth-order valence-electron chi connectivity index (χ4n) is 6.19. The molecule has 8 heteroatoms. The first-order valence-electron chi connectivity index (χ1n) is 13.7. The number of hydrogen-bond acceptors (Lipinski definition) is 4. The van der Waals surface area contributed by atoms with Gasteiger partial charge in [0.15, 0.2) is 4.80 Å². The highest BCUT2D eigenvalue weighted by molar-refractivity contribution is 7.07. The normalized spacial score (nSPS) is 16.1. The second-order valence-electron chi connectivity index (χ2n) is 10.7. The highest BCUT2D eigenvalue weighted by Crippen LogP contribution is 2.41. The van der Waals surface area contributed by atoms with Gasteiger partial charge in [-0.25, -0.2) is 14.2 Å². The lowest BCUT2D eigenvalue weighted by Gasteiger charge is -2.30. The number of thiazole rings is 1. The second-order valence-corrected chi connectivity index (χ2v) is 11.7. The molecule has 2 aliphatic rings. The van der Waals surface area contributed by atoms with Crippen LogP contribution in [0.4, 0.5) is 4.39 Å². The Morgan fingerprint density at radius 2 is 1.76 bits per heavy atom. The zero-order valence-corrected chi connectivity index (χ0v) is 23.8. The first-order valence-corrected chi connectivity index (χ1v) is 14.5. The summed E-state index contributed by atoms with van der Waals surface area (Å²) >= 11 is 1.36. The Labute approximate surface area is 244 Å². The SMILES string of the molecule is Cc1cc(/C=c2\sc3n(c2=O)C(c2ccc(F)cc2)C2=C(N=3)c3ccccc3CC2)c(C)n1-c1ccc(C(=O)O)cc1. The highest BCUT2D eigenvalue weighted by atomic mass is 32.1. The molecule has 6 nitrogen and oxygen atoms in total. The van der Waals surface area contributed by atoms with Crippen LogP contribution in [0.2, 0.25) is 0 Å². The highest BCUT2D eigenvalue weighted by Gasteiger charge is 2.32. The summed E-state index contributed by atoms with van der Waals surface area (Å²) < 4.78 is 18.3. The van der Waals surface area contributed by atoms with Gasteiger partial charge in [-0.2, -0.15) is 0 Å². The van der Waals surface area contributed by atoms with Crippen LogP contribution < -0.4 is 14.9 Å². The van der Waals surface area contributed by atoms with Gasteiger partial charge < -0.3 is 9.67 Å². The zero-order chi connectivity index (χ0) is 29.1. The van der Waals surface area contributed by atoms with E-state index in [1.807, 2.05) is 42.7 Å². The van der Waals surface area contributed by atoms with Crippen molar-refractivity contribution in [1.29, 1.82) is 0 Å². The number of fused-ring (bicyclic) bond motifs is 3. The average Bonchev–Trinajstić information content (AvgIpc) is 3.45. The minimum atomic E-state index is -0.970. The molecule has 1 aliphatic heterocycles. The molecule has 0 saturated heterocycles. The number of benzene rings is 3. The maximum atomic E-state index is 14.1. The van der Waals surface area contributed by atoms with Gasteiger partial charge in [0.1, 0.15) is 5.82 Å². The molecular weight excluding hydrogens is 549 g/mol. The average molecular weight is 576 g/mol. The molecule has 3 aromatic carbocycles. The van der Waals surface area contributed by atoms with E-state index in [2.05, 4.69) is 12.1 Å². The van der Waals surface area contributed by atoms with Crippen molar-refractivity contribution in [2.45, 2.75) is 32.7 Å². The Balaban J connectivity index is 1.40. The Kier molecular flexibility index (Phi) is 6.17. The van der Waals surface area contributed by atoms with Gasteiger partial charge >= 0.3 is 5.97 Å². The summed E-state index contributed by atoms with van der Waals surface area (Å²) in [5.41, 5.74) is 8.89. The molecule has 0 bridgehead atoms. The number of nitrogens with zero attached hydrogens (tertiary/aromatic N) is 3. The Morgan fingerprint density at radius 3 is 2.50 bits per heavy atom. The van der Waals surface area contributed by atoms with Crippen molar-refractivity contribution in [3.63, 3.8) is 0 Å². The summed E-state index contributed by atoms with van der Waals surface area (Å²) in [5, 5.41) is 9.27. The fourth-order valence-corrected chi connectivity index (χ4v) is 7.18. The van der Waals surface area contributed by atoms with Gasteiger partial charge in [0.05, 0.1) is 21.8 Å². The number of aromatic carboxylic acids is 1. The molecule has 1 unspecified atom stereocenters. The quantitative estimate of drug-likeness (QED) is 0.305. The standard InChI is InChI=1S/C34H26FN3O3S/c1-19-17-24(20(2)37(19)26-14-9-23(10-15-26)33(40)41)18-29-32(39)38-31(22-7-12-25(35)13-8-22)28-16-11-21-5-3-4-6-27(21)30(28)36-34(38)42-29/h3-10,12-15,17-18,31H,11,16H2,1-2H3,(H,40,41)/b29-18-. The number of aromatic nitrogens is 2. The number of aryl methyl sites for hydroxylation is 2. The van der Waals surface area contributed by atoms with E-state index < -0.39 is 5.97 Å². The molecule has 0 fully saturated rings.